The molecule has 5 nitrogen and oxygen atoms in total. The van der Waals surface area contributed by atoms with Gasteiger partial charge < -0.3 is 10.1 Å². The lowest BCUT2D eigenvalue weighted by Crippen LogP contribution is -2.25. The standard InChI is InChI=1S/C14H26N2O3S2/c1-11(2)10-19-7-5-6-16-21(17,18)14-8-12(3)13(20-14)9-15-4/h8,11,15-16H,5-7,9-10H2,1-4H3. The lowest BCUT2D eigenvalue weighted by molar-refractivity contribution is 0.108. The summed E-state index contributed by atoms with van der Waals surface area (Å²) in [5.74, 6) is 0.501. The molecular formula is C14H26N2O3S2. The van der Waals surface area contributed by atoms with Gasteiger partial charge in [0, 0.05) is 31.2 Å². The number of hydrogen-bond acceptors (Lipinski definition) is 5. The Bertz CT molecular complexity index is 524. The molecule has 0 saturated carbocycles. The average Bonchev–Trinajstić information content (AvgIpc) is 2.76. The molecule has 0 aliphatic carbocycles. The molecule has 1 rings (SSSR count). The average molecular weight is 335 g/mol. The number of hydrogen-bond donors (Lipinski definition) is 2. The quantitative estimate of drug-likeness (QED) is 0.643. The van der Waals surface area contributed by atoms with Crippen molar-refractivity contribution >= 4 is 21.4 Å². The number of rotatable bonds is 10. The van der Waals surface area contributed by atoms with Crippen molar-refractivity contribution in [3.05, 3.63) is 16.5 Å². The van der Waals surface area contributed by atoms with Crippen molar-refractivity contribution in [2.24, 2.45) is 5.92 Å². The minimum absolute atomic E-state index is 0.383. The fourth-order valence-corrected chi connectivity index (χ4v) is 4.45. The van der Waals surface area contributed by atoms with Crippen LogP contribution in [0.15, 0.2) is 10.3 Å². The van der Waals surface area contributed by atoms with Gasteiger partial charge in [0.2, 0.25) is 10.0 Å². The summed E-state index contributed by atoms with van der Waals surface area (Å²) in [5, 5.41) is 3.04. The van der Waals surface area contributed by atoms with Gasteiger partial charge in [-0.15, -0.1) is 11.3 Å². The molecule has 1 heterocycles. The highest BCUT2D eigenvalue weighted by Gasteiger charge is 2.18. The van der Waals surface area contributed by atoms with Crippen LogP contribution >= 0.6 is 11.3 Å². The van der Waals surface area contributed by atoms with E-state index in [9.17, 15) is 8.42 Å². The summed E-state index contributed by atoms with van der Waals surface area (Å²) < 4.78 is 32.8. The fraction of sp³-hybridized carbons (Fsp3) is 0.714. The first-order chi connectivity index (χ1) is 9.86. The number of aryl methyl sites for hydroxylation is 1. The maximum Gasteiger partial charge on any atom is 0.250 e. The maximum atomic E-state index is 12.2. The predicted molar refractivity (Wildman–Crippen MR) is 87.3 cm³/mol. The zero-order chi connectivity index (χ0) is 15.9. The summed E-state index contributed by atoms with van der Waals surface area (Å²) in [6.45, 7) is 8.49. The summed E-state index contributed by atoms with van der Waals surface area (Å²) in [6, 6.07) is 1.73. The van der Waals surface area contributed by atoms with E-state index in [-0.39, 0.29) is 0 Å². The summed E-state index contributed by atoms with van der Waals surface area (Å²) in [5.41, 5.74) is 1.01. The lowest BCUT2D eigenvalue weighted by Gasteiger charge is -2.07. The highest BCUT2D eigenvalue weighted by atomic mass is 32.2. The van der Waals surface area contributed by atoms with Gasteiger partial charge in [0.15, 0.2) is 0 Å². The van der Waals surface area contributed by atoms with Crippen LogP contribution in [0.2, 0.25) is 0 Å². The molecule has 0 unspecified atom stereocenters. The molecule has 0 spiro atoms. The van der Waals surface area contributed by atoms with E-state index in [0.717, 1.165) is 10.4 Å². The van der Waals surface area contributed by atoms with Gasteiger partial charge in [-0.3, -0.25) is 0 Å². The molecule has 0 fully saturated rings. The third kappa shape index (κ3) is 6.44. The number of thiophene rings is 1. The van der Waals surface area contributed by atoms with Crippen LogP contribution in [0.3, 0.4) is 0 Å². The summed E-state index contributed by atoms with van der Waals surface area (Å²) in [7, 11) is -1.55. The molecule has 0 saturated heterocycles. The second-order valence-electron chi connectivity index (χ2n) is 5.42. The molecule has 7 heteroatoms. The van der Waals surface area contributed by atoms with Gasteiger partial charge in [-0.25, -0.2) is 13.1 Å². The predicted octanol–water partition coefficient (Wildman–Crippen LogP) is 2.12. The molecule has 122 valence electrons. The number of ether oxygens (including phenoxy) is 1. The molecule has 0 atom stereocenters. The van der Waals surface area contributed by atoms with Crippen LogP contribution in [-0.4, -0.2) is 35.2 Å². The molecule has 1 aromatic rings. The Kier molecular flexibility index (Phi) is 7.83. The van der Waals surface area contributed by atoms with Gasteiger partial charge in [0.1, 0.15) is 4.21 Å². The van der Waals surface area contributed by atoms with E-state index in [1.54, 1.807) is 6.07 Å². The molecule has 2 N–H and O–H groups in total. The molecule has 0 bridgehead atoms. The van der Waals surface area contributed by atoms with Gasteiger partial charge in [0.05, 0.1) is 0 Å². The molecule has 0 aromatic carbocycles. The topological polar surface area (TPSA) is 67.4 Å². The first-order valence-electron chi connectivity index (χ1n) is 7.18. The first-order valence-corrected chi connectivity index (χ1v) is 9.48. The van der Waals surface area contributed by atoms with Gasteiger partial charge in [-0.2, -0.15) is 0 Å². The molecule has 1 aromatic heterocycles. The van der Waals surface area contributed by atoms with Crippen molar-refractivity contribution in [1.82, 2.24) is 10.0 Å². The molecule has 0 amide bonds. The smallest absolute Gasteiger partial charge is 0.250 e. The van der Waals surface area contributed by atoms with E-state index in [1.165, 1.54) is 11.3 Å². The van der Waals surface area contributed by atoms with Gasteiger partial charge in [-0.05, 0) is 37.9 Å². The zero-order valence-electron chi connectivity index (χ0n) is 13.2. The SMILES string of the molecule is CNCc1sc(S(=O)(=O)NCCCOCC(C)C)cc1C. The van der Waals surface area contributed by atoms with Crippen molar-refractivity contribution in [3.8, 4) is 0 Å². The third-order valence-electron chi connectivity index (χ3n) is 2.81. The summed E-state index contributed by atoms with van der Waals surface area (Å²) >= 11 is 1.32. The van der Waals surface area contributed by atoms with E-state index >= 15 is 0 Å². The van der Waals surface area contributed by atoms with Crippen LogP contribution in [0.25, 0.3) is 0 Å². The minimum atomic E-state index is -3.40. The van der Waals surface area contributed by atoms with Crippen LogP contribution in [0.1, 0.15) is 30.7 Å². The summed E-state index contributed by atoms with van der Waals surface area (Å²) in [6.07, 6.45) is 0.680. The van der Waals surface area contributed by atoms with E-state index in [1.807, 2.05) is 14.0 Å². The highest BCUT2D eigenvalue weighted by molar-refractivity contribution is 7.91. The Balaban J connectivity index is 2.44. The van der Waals surface area contributed by atoms with Crippen molar-refractivity contribution in [2.45, 2.75) is 37.9 Å². The largest absolute Gasteiger partial charge is 0.381 e. The summed E-state index contributed by atoms with van der Waals surface area (Å²) in [4.78, 5) is 1.05. The van der Waals surface area contributed by atoms with Crippen molar-refractivity contribution in [3.63, 3.8) is 0 Å². The Morgan fingerprint density at radius 2 is 2.10 bits per heavy atom. The van der Waals surface area contributed by atoms with Crippen molar-refractivity contribution < 1.29 is 13.2 Å². The molecular weight excluding hydrogens is 308 g/mol. The molecule has 0 aliphatic rings. The fourth-order valence-electron chi connectivity index (χ4n) is 1.73. The van der Waals surface area contributed by atoms with Crippen LogP contribution < -0.4 is 10.0 Å². The molecule has 0 aliphatic heterocycles. The Labute approximate surface area is 132 Å². The third-order valence-corrected chi connectivity index (χ3v) is 5.98. The van der Waals surface area contributed by atoms with Crippen LogP contribution in [0.4, 0.5) is 0 Å². The van der Waals surface area contributed by atoms with E-state index < -0.39 is 10.0 Å². The normalized spacial score (nSPS) is 12.2. The first kappa shape index (κ1) is 18.6. The van der Waals surface area contributed by atoms with E-state index in [2.05, 4.69) is 23.9 Å². The monoisotopic (exact) mass is 334 g/mol. The van der Waals surface area contributed by atoms with Crippen LogP contribution in [-0.2, 0) is 21.3 Å². The second-order valence-corrected chi connectivity index (χ2v) is 8.55. The minimum Gasteiger partial charge on any atom is -0.381 e. The van der Waals surface area contributed by atoms with E-state index in [4.69, 9.17) is 4.74 Å². The van der Waals surface area contributed by atoms with Crippen LogP contribution in [0, 0.1) is 12.8 Å². The number of sulfonamides is 1. The van der Waals surface area contributed by atoms with E-state index in [0.29, 0.717) is 42.9 Å². The number of nitrogens with one attached hydrogen (secondary N) is 2. The van der Waals surface area contributed by atoms with Gasteiger partial charge >= 0.3 is 0 Å². The zero-order valence-corrected chi connectivity index (χ0v) is 14.9. The molecule has 21 heavy (non-hydrogen) atoms. The Morgan fingerprint density at radius 3 is 2.71 bits per heavy atom. The second kappa shape index (κ2) is 8.85. The lowest BCUT2D eigenvalue weighted by atomic mass is 10.2. The van der Waals surface area contributed by atoms with Gasteiger partial charge in [0.25, 0.3) is 0 Å². The van der Waals surface area contributed by atoms with Crippen molar-refractivity contribution in [2.75, 3.05) is 26.8 Å². The molecule has 0 radical (unpaired) electrons. The maximum absolute atomic E-state index is 12.2. The highest BCUT2D eigenvalue weighted by Crippen LogP contribution is 2.25. The van der Waals surface area contributed by atoms with Gasteiger partial charge in [-0.1, -0.05) is 13.8 Å². The van der Waals surface area contributed by atoms with Crippen molar-refractivity contribution in [1.29, 1.82) is 0 Å². The Hall–Kier alpha value is -0.470. The van der Waals surface area contributed by atoms with Crippen LogP contribution in [0.5, 0.6) is 0 Å². The Morgan fingerprint density at radius 1 is 1.38 bits per heavy atom.